The zero-order valence-electron chi connectivity index (χ0n) is 18.8. The molecule has 1 aliphatic carbocycles. The molecule has 0 unspecified atom stereocenters. The Labute approximate surface area is 189 Å². The first-order valence-electron chi connectivity index (χ1n) is 11.7. The lowest BCUT2D eigenvalue weighted by Crippen LogP contribution is -2.44. The lowest BCUT2D eigenvalue weighted by Gasteiger charge is -2.33. The Kier molecular flexibility index (Phi) is 5.87. The number of benzene rings is 1. The molecule has 2 aromatic rings. The summed E-state index contributed by atoms with van der Waals surface area (Å²) in [6.45, 7) is 5.13. The Hall–Kier alpha value is -2.87. The number of aromatic nitrogens is 2. The van der Waals surface area contributed by atoms with E-state index in [2.05, 4.69) is 45.0 Å². The summed E-state index contributed by atoms with van der Waals surface area (Å²) in [6, 6.07) is 8.41. The summed E-state index contributed by atoms with van der Waals surface area (Å²) in [7, 11) is 2.14. The Bertz CT molecular complexity index is 982. The van der Waals surface area contributed by atoms with E-state index in [1.54, 1.807) is 0 Å². The minimum Gasteiger partial charge on any atom is -0.446 e. The second kappa shape index (κ2) is 8.94. The van der Waals surface area contributed by atoms with Gasteiger partial charge in [-0.05, 0) is 56.3 Å². The Morgan fingerprint density at radius 2 is 1.81 bits per heavy atom. The number of anilines is 2. The zero-order chi connectivity index (χ0) is 22.1. The van der Waals surface area contributed by atoms with Crippen LogP contribution in [-0.4, -0.2) is 71.7 Å². The molecular formula is C24H32N6O2. The van der Waals surface area contributed by atoms with Crippen LogP contribution in [0.15, 0.2) is 24.3 Å². The normalized spacial score (nSPS) is 19.8. The van der Waals surface area contributed by atoms with Crippen molar-refractivity contribution < 1.29 is 9.53 Å². The number of hydrogen-bond donors (Lipinski definition) is 1. The molecule has 0 atom stereocenters. The van der Waals surface area contributed by atoms with Gasteiger partial charge in [-0.1, -0.05) is 12.1 Å². The molecule has 1 saturated heterocycles. The Morgan fingerprint density at radius 3 is 2.59 bits per heavy atom. The van der Waals surface area contributed by atoms with Crippen LogP contribution >= 0.6 is 0 Å². The van der Waals surface area contributed by atoms with E-state index in [-0.39, 0.29) is 18.1 Å². The number of nitrogens with zero attached hydrogens (tertiary/aromatic N) is 5. The molecule has 1 aromatic carbocycles. The maximum atomic E-state index is 12.7. The largest absolute Gasteiger partial charge is 0.446 e. The van der Waals surface area contributed by atoms with E-state index in [4.69, 9.17) is 10.5 Å². The predicted octanol–water partition coefficient (Wildman–Crippen LogP) is 2.91. The van der Waals surface area contributed by atoms with E-state index < -0.39 is 0 Å². The van der Waals surface area contributed by atoms with E-state index in [9.17, 15) is 4.79 Å². The van der Waals surface area contributed by atoms with E-state index in [0.29, 0.717) is 13.1 Å². The van der Waals surface area contributed by atoms with Crippen LogP contribution in [0.2, 0.25) is 0 Å². The first-order valence-corrected chi connectivity index (χ1v) is 11.7. The van der Waals surface area contributed by atoms with Crippen molar-refractivity contribution in [1.29, 1.82) is 0 Å². The average molecular weight is 437 g/mol. The minimum atomic E-state index is -0.184. The first-order chi connectivity index (χ1) is 15.5. The molecular weight excluding hydrogens is 404 g/mol. The molecule has 32 heavy (non-hydrogen) atoms. The second-order valence-corrected chi connectivity index (χ2v) is 9.21. The summed E-state index contributed by atoms with van der Waals surface area (Å²) in [4.78, 5) is 28.1. The molecule has 8 nitrogen and oxygen atoms in total. The van der Waals surface area contributed by atoms with Crippen LogP contribution in [0.3, 0.4) is 0 Å². The molecule has 3 heterocycles. The predicted molar refractivity (Wildman–Crippen MR) is 124 cm³/mol. The number of carbonyl (C=O) groups excluding carboxylic acids is 1. The smallest absolute Gasteiger partial charge is 0.410 e. The lowest BCUT2D eigenvalue weighted by atomic mass is 9.96. The zero-order valence-corrected chi connectivity index (χ0v) is 18.8. The summed E-state index contributed by atoms with van der Waals surface area (Å²) in [6.07, 6.45) is 5.04. The lowest BCUT2D eigenvalue weighted by molar-refractivity contribution is 0.0619. The number of nitrogen functional groups attached to an aromatic ring is 1. The fourth-order valence-corrected chi connectivity index (χ4v) is 4.89. The summed E-state index contributed by atoms with van der Waals surface area (Å²) in [5.41, 5.74) is 10.3. The Balaban J connectivity index is 1.34. The van der Waals surface area contributed by atoms with Gasteiger partial charge in [-0.15, -0.1) is 0 Å². The number of likely N-dealkylation sites (N-methyl/N-ethyl adjacent to an activating group) is 1. The highest BCUT2D eigenvalue weighted by molar-refractivity contribution is 5.70. The van der Waals surface area contributed by atoms with Crippen LogP contribution in [0.4, 0.5) is 16.6 Å². The van der Waals surface area contributed by atoms with Crippen molar-refractivity contribution >= 4 is 17.9 Å². The number of nitrogens with two attached hydrogens (primary N) is 1. The molecule has 3 aliphatic rings. The molecule has 0 radical (unpaired) electrons. The third-order valence-corrected chi connectivity index (χ3v) is 6.90. The molecule has 5 rings (SSSR count). The standard InChI is InChI=1S/C24H32N6O2/c1-28-10-12-29(13-11-28)22-15-21(26-23(25)27-22)18-7-6-17-8-9-30(16-19(17)14-18)24(31)32-20-4-2-3-5-20/h6-7,14-15,20H,2-5,8-13,16H2,1H3,(H2,25,26,27). The van der Waals surface area contributed by atoms with Crippen molar-refractivity contribution in [3.63, 3.8) is 0 Å². The topological polar surface area (TPSA) is 87.8 Å². The van der Waals surface area contributed by atoms with Crippen LogP contribution in [0.1, 0.15) is 36.8 Å². The van der Waals surface area contributed by atoms with Crippen LogP contribution < -0.4 is 10.6 Å². The maximum Gasteiger partial charge on any atom is 0.410 e. The van der Waals surface area contributed by atoms with Crippen molar-refractivity contribution in [2.75, 3.05) is 50.4 Å². The van der Waals surface area contributed by atoms with Crippen molar-refractivity contribution in [2.45, 2.75) is 44.8 Å². The van der Waals surface area contributed by atoms with E-state index in [1.165, 1.54) is 5.56 Å². The molecule has 8 heteroatoms. The molecule has 2 aliphatic heterocycles. The van der Waals surface area contributed by atoms with Gasteiger partial charge < -0.3 is 25.2 Å². The quantitative estimate of drug-likeness (QED) is 0.791. The van der Waals surface area contributed by atoms with Crippen LogP contribution in [0.5, 0.6) is 0 Å². The number of fused-ring (bicyclic) bond motifs is 1. The van der Waals surface area contributed by atoms with Crippen LogP contribution in [0.25, 0.3) is 11.3 Å². The SMILES string of the molecule is CN1CCN(c2cc(-c3ccc4c(c3)CN(C(=O)OC3CCCC3)CC4)nc(N)n2)CC1. The molecule has 2 fully saturated rings. The van der Waals surface area contributed by atoms with Crippen molar-refractivity contribution in [3.05, 3.63) is 35.4 Å². The van der Waals surface area contributed by atoms with Gasteiger partial charge in [0.1, 0.15) is 11.9 Å². The summed E-state index contributed by atoms with van der Waals surface area (Å²) >= 11 is 0. The fraction of sp³-hybridized carbons (Fsp3) is 0.542. The van der Waals surface area contributed by atoms with Gasteiger partial charge >= 0.3 is 6.09 Å². The van der Waals surface area contributed by atoms with Gasteiger partial charge in [-0.25, -0.2) is 9.78 Å². The molecule has 170 valence electrons. The van der Waals surface area contributed by atoms with Gasteiger partial charge in [0.25, 0.3) is 0 Å². The monoisotopic (exact) mass is 436 g/mol. The van der Waals surface area contributed by atoms with Crippen LogP contribution in [-0.2, 0) is 17.7 Å². The van der Waals surface area contributed by atoms with Crippen molar-refractivity contribution in [1.82, 2.24) is 19.8 Å². The van der Waals surface area contributed by atoms with E-state index in [1.807, 2.05) is 11.0 Å². The Morgan fingerprint density at radius 1 is 1.03 bits per heavy atom. The third-order valence-electron chi connectivity index (χ3n) is 6.90. The summed E-state index contributed by atoms with van der Waals surface area (Å²) in [5.74, 6) is 1.16. The highest BCUT2D eigenvalue weighted by Gasteiger charge is 2.26. The fourth-order valence-electron chi connectivity index (χ4n) is 4.89. The number of piperazine rings is 1. The van der Waals surface area contributed by atoms with Gasteiger partial charge in [0.05, 0.1) is 5.69 Å². The average Bonchev–Trinajstić information content (AvgIpc) is 3.31. The molecule has 0 bridgehead atoms. The second-order valence-electron chi connectivity index (χ2n) is 9.21. The van der Waals surface area contributed by atoms with Gasteiger partial charge in [-0.2, -0.15) is 4.98 Å². The van der Waals surface area contributed by atoms with Gasteiger partial charge in [0, 0.05) is 50.9 Å². The number of carbonyl (C=O) groups is 1. The highest BCUT2D eigenvalue weighted by Crippen LogP contribution is 2.29. The van der Waals surface area contributed by atoms with E-state index >= 15 is 0 Å². The maximum absolute atomic E-state index is 12.7. The number of hydrogen-bond acceptors (Lipinski definition) is 7. The third kappa shape index (κ3) is 4.50. The first kappa shape index (κ1) is 21.0. The number of rotatable bonds is 3. The van der Waals surface area contributed by atoms with Crippen molar-refractivity contribution in [3.8, 4) is 11.3 Å². The van der Waals surface area contributed by atoms with Crippen molar-refractivity contribution in [2.24, 2.45) is 0 Å². The van der Waals surface area contributed by atoms with Gasteiger partial charge in [0.15, 0.2) is 0 Å². The van der Waals surface area contributed by atoms with Gasteiger partial charge in [-0.3, -0.25) is 0 Å². The number of amides is 1. The van der Waals surface area contributed by atoms with E-state index in [0.717, 1.165) is 80.9 Å². The molecule has 0 spiro atoms. The summed E-state index contributed by atoms with van der Waals surface area (Å²) in [5, 5.41) is 0. The number of ether oxygens (including phenoxy) is 1. The summed E-state index contributed by atoms with van der Waals surface area (Å²) < 4.78 is 5.73. The molecule has 2 N–H and O–H groups in total. The van der Waals surface area contributed by atoms with Crippen LogP contribution in [0, 0.1) is 0 Å². The molecule has 1 saturated carbocycles. The molecule has 1 amide bonds. The minimum absolute atomic E-state index is 0.0900. The van der Waals surface area contributed by atoms with Gasteiger partial charge in [0.2, 0.25) is 5.95 Å². The molecule has 1 aromatic heterocycles. The highest BCUT2D eigenvalue weighted by atomic mass is 16.6.